The van der Waals surface area contributed by atoms with Crippen LogP contribution in [0.25, 0.3) is 50.0 Å². The molecule has 7 aromatic rings. The Morgan fingerprint density at radius 2 is 1.57 bits per heavy atom. The minimum absolute atomic E-state index is 0.0319. The number of nitrogens with zero attached hydrogens (tertiary/aromatic N) is 3. The van der Waals surface area contributed by atoms with Crippen molar-refractivity contribution < 1.29 is 8.97 Å². The molecule has 2 unspecified atom stereocenters. The van der Waals surface area contributed by atoms with E-state index >= 15 is 0 Å². The molecular weight excluding hydrogens is 490 g/mol. The van der Waals surface area contributed by atoms with Crippen molar-refractivity contribution in [2.75, 3.05) is 0 Å². The molecule has 0 saturated heterocycles. The molecule has 0 amide bonds. The second-order valence-electron chi connectivity index (χ2n) is 11.4. The topological polar surface area (TPSA) is 29.5 Å². The van der Waals surface area contributed by atoms with Crippen molar-refractivity contribution in [2.45, 2.75) is 44.6 Å². The Morgan fingerprint density at radius 1 is 0.800 bits per heavy atom. The molecule has 4 heteroatoms. The maximum atomic E-state index is 14.4. The van der Waals surface area contributed by atoms with E-state index in [2.05, 4.69) is 115 Å². The number of hydrogen-bond donors (Lipinski definition) is 0. The summed E-state index contributed by atoms with van der Waals surface area (Å²) in [5.74, 6) is 0. The molecule has 0 N–H and O–H groups in total. The van der Waals surface area contributed by atoms with Crippen LogP contribution in [0, 0.1) is 0 Å². The van der Waals surface area contributed by atoms with Crippen molar-refractivity contribution in [1.29, 1.82) is 0 Å². The second-order valence-corrected chi connectivity index (χ2v) is 11.4. The minimum atomic E-state index is -0.408. The molecule has 40 heavy (non-hydrogen) atoms. The fourth-order valence-electron chi connectivity index (χ4n) is 7.81. The number of hydrogen-bond acceptors (Lipinski definition) is 1. The van der Waals surface area contributed by atoms with Crippen molar-refractivity contribution in [1.82, 2.24) is 4.40 Å². The van der Waals surface area contributed by atoms with Gasteiger partial charge in [0.25, 0.3) is 0 Å². The number of benzene rings is 3. The molecule has 0 radical (unpaired) electrons. The van der Waals surface area contributed by atoms with E-state index in [-0.39, 0.29) is 11.0 Å². The van der Waals surface area contributed by atoms with E-state index in [1.54, 1.807) is 0 Å². The quantitative estimate of drug-likeness (QED) is 0.216. The molecule has 2 atom stereocenters. The summed E-state index contributed by atoms with van der Waals surface area (Å²) in [4.78, 5) is 14.4. The summed E-state index contributed by atoms with van der Waals surface area (Å²) in [6.45, 7) is 7.00. The highest BCUT2D eigenvalue weighted by Gasteiger charge is 2.58. The van der Waals surface area contributed by atoms with E-state index < -0.39 is 5.54 Å². The molecule has 1 aliphatic rings. The van der Waals surface area contributed by atoms with Gasteiger partial charge < -0.3 is 0 Å². The Balaban J connectivity index is 1.64. The lowest BCUT2D eigenvalue weighted by Crippen LogP contribution is -2.68. The van der Waals surface area contributed by atoms with Gasteiger partial charge in [0.05, 0.1) is 22.6 Å². The van der Waals surface area contributed by atoms with Crippen LogP contribution < -0.4 is 19.9 Å². The number of rotatable bonds is 3. The van der Waals surface area contributed by atoms with E-state index in [0.717, 1.165) is 50.9 Å². The SMILES string of the molecule is CCC1(C)c2ccccc2-c2cccc[n+]2C1(C=c1c2cccc3cc[n+]4c5ccccc5c(=O)n1c4c32)CC. The van der Waals surface area contributed by atoms with Crippen LogP contribution in [0.2, 0.25) is 0 Å². The highest BCUT2D eigenvalue weighted by molar-refractivity contribution is 6.08. The maximum Gasteiger partial charge on any atom is 0.350 e. The molecular formula is C36H31N3O+2. The largest absolute Gasteiger partial charge is 0.350 e. The van der Waals surface area contributed by atoms with Crippen LogP contribution in [0.1, 0.15) is 39.2 Å². The average Bonchev–Trinajstić information content (AvgIpc) is 3.34. The first-order valence-corrected chi connectivity index (χ1v) is 14.3. The third-order valence-corrected chi connectivity index (χ3v) is 9.94. The monoisotopic (exact) mass is 521 g/mol. The Morgan fingerprint density at radius 3 is 2.42 bits per heavy atom. The molecule has 194 valence electrons. The molecule has 3 aromatic carbocycles. The predicted octanol–water partition coefficient (Wildman–Crippen LogP) is 5.72. The smallest absolute Gasteiger partial charge is 0.240 e. The summed E-state index contributed by atoms with van der Waals surface area (Å²) >= 11 is 0. The van der Waals surface area contributed by atoms with Gasteiger partial charge in [0, 0.05) is 30.0 Å². The van der Waals surface area contributed by atoms with Gasteiger partial charge in [-0.1, -0.05) is 56.3 Å². The molecule has 0 saturated carbocycles. The van der Waals surface area contributed by atoms with Gasteiger partial charge in [-0.3, -0.25) is 0 Å². The second kappa shape index (κ2) is 7.98. The highest BCUT2D eigenvalue weighted by Crippen LogP contribution is 2.50. The summed E-state index contributed by atoms with van der Waals surface area (Å²) in [6.07, 6.45) is 8.60. The molecule has 0 aliphatic carbocycles. The zero-order valence-electron chi connectivity index (χ0n) is 23.1. The Bertz CT molecular complexity index is 2250. The molecule has 8 rings (SSSR count). The molecule has 0 spiro atoms. The van der Waals surface area contributed by atoms with Gasteiger partial charge in [0.2, 0.25) is 5.69 Å². The van der Waals surface area contributed by atoms with Gasteiger partial charge in [-0.2, -0.15) is 13.4 Å². The van der Waals surface area contributed by atoms with E-state index in [4.69, 9.17) is 0 Å². The summed E-state index contributed by atoms with van der Waals surface area (Å²) in [5, 5.41) is 5.10. The minimum Gasteiger partial charge on any atom is -0.240 e. The zero-order valence-corrected chi connectivity index (χ0v) is 23.1. The Kier molecular flexibility index (Phi) is 4.66. The predicted molar refractivity (Wildman–Crippen MR) is 161 cm³/mol. The lowest BCUT2D eigenvalue weighted by atomic mass is 9.59. The van der Waals surface area contributed by atoms with Gasteiger partial charge in [-0.25, -0.2) is 4.79 Å². The standard InChI is InChI=1S/C36H31N3O/c1-4-35(3)28-17-8-6-14-25(28)30-19-10-11-21-38(30)36(35,5-2)23-31-26-16-12-13-24-20-22-37-29-18-9-7-15-27(29)34(40)39(31)33(37)32(24)26/h6-23H,4-5H2,1-3H3/q+2. The normalized spacial score (nSPS) is 21.0. The fraction of sp³-hybridized carbons (Fsp3) is 0.194. The van der Waals surface area contributed by atoms with E-state index in [9.17, 15) is 4.79 Å². The lowest BCUT2D eigenvalue weighted by Gasteiger charge is -2.46. The van der Waals surface area contributed by atoms with Crippen LogP contribution in [0.4, 0.5) is 0 Å². The zero-order chi connectivity index (χ0) is 27.2. The summed E-state index contributed by atoms with van der Waals surface area (Å²) < 4.78 is 6.65. The van der Waals surface area contributed by atoms with Gasteiger partial charge in [0.1, 0.15) is 16.3 Å². The van der Waals surface area contributed by atoms with Crippen molar-refractivity contribution in [3.05, 3.63) is 125 Å². The highest BCUT2D eigenvalue weighted by atomic mass is 16.1. The summed E-state index contributed by atoms with van der Waals surface area (Å²) in [5.41, 5.74) is 5.16. The summed E-state index contributed by atoms with van der Waals surface area (Å²) in [7, 11) is 0. The Labute approximate surface area is 232 Å². The first-order valence-electron chi connectivity index (χ1n) is 14.3. The third kappa shape index (κ3) is 2.64. The number of pyridine rings is 2. The van der Waals surface area contributed by atoms with Crippen molar-refractivity contribution in [2.24, 2.45) is 0 Å². The molecule has 0 bridgehead atoms. The lowest BCUT2D eigenvalue weighted by molar-refractivity contribution is -0.751. The van der Waals surface area contributed by atoms with Crippen molar-refractivity contribution >= 4 is 38.8 Å². The molecule has 4 aromatic heterocycles. The summed E-state index contributed by atoms with van der Waals surface area (Å²) in [6, 6.07) is 31.9. The number of fused-ring (bicyclic) bond motifs is 5. The Hall–Kier alpha value is -4.57. The van der Waals surface area contributed by atoms with Crippen molar-refractivity contribution in [3.8, 4) is 11.3 Å². The molecule has 5 heterocycles. The fourth-order valence-corrected chi connectivity index (χ4v) is 7.81. The van der Waals surface area contributed by atoms with E-state index in [0.29, 0.717) is 0 Å². The molecule has 0 fully saturated rings. The first-order chi connectivity index (χ1) is 19.5. The van der Waals surface area contributed by atoms with Gasteiger partial charge in [-0.15, -0.1) is 0 Å². The van der Waals surface area contributed by atoms with Crippen LogP contribution in [0.3, 0.4) is 0 Å². The van der Waals surface area contributed by atoms with Gasteiger partial charge >= 0.3 is 11.2 Å². The van der Waals surface area contributed by atoms with Crippen LogP contribution >= 0.6 is 0 Å². The van der Waals surface area contributed by atoms with Crippen LogP contribution in [0.5, 0.6) is 0 Å². The third-order valence-electron chi connectivity index (χ3n) is 9.94. The van der Waals surface area contributed by atoms with Crippen LogP contribution in [-0.4, -0.2) is 4.40 Å². The van der Waals surface area contributed by atoms with Gasteiger partial charge in [-0.05, 0) is 60.7 Å². The first kappa shape index (κ1) is 23.3. The van der Waals surface area contributed by atoms with E-state index in [1.807, 2.05) is 28.7 Å². The molecule has 4 nitrogen and oxygen atoms in total. The van der Waals surface area contributed by atoms with Crippen molar-refractivity contribution in [3.63, 3.8) is 0 Å². The number of aromatic nitrogens is 3. The number of para-hydroxylation sites is 1. The maximum absolute atomic E-state index is 14.4. The van der Waals surface area contributed by atoms with Crippen LogP contribution in [-0.2, 0) is 11.0 Å². The van der Waals surface area contributed by atoms with Crippen LogP contribution in [0.15, 0.2) is 108 Å². The van der Waals surface area contributed by atoms with E-state index in [1.165, 1.54) is 16.8 Å². The van der Waals surface area contributed by atoms with Gasteiger partial charge in [0.15, 0.2) is 11.7 Å². The molecule has 1 aliphatic heterocycles. The average molecular weight is 522 g/mol.